The lowest BCUT2D eigenvalue weighted by atomic mass is 9.98. The Morgan fingerprint density at radius 1 is 1.39 bits per heavy atom. The first-order valence-corrected chi connectivity index (χ1v) is 7.05. The molecule has 0 bridgehead atoms. The zero-order valence-corrected chi connectivity index (χ0v) is 11.7. The van der Waals surface area contributed by atoms with Crippen molar-refractivity contribution in [3.63, 3.8) is 0 Å². The second kappa shape index (κ2) is 5.75. The molecule has 2 aliphatic rings. The van der Waals surface area contributed by atoms with Crippen LogP contribution in [0.4, 0.5) is 0 Å². The highest BCUT2D eigenvalue weighted by atomic mass is 32.2. The van der Waals surface area contributed by atoms with E-state index in [9.17, 15) is 10.2 Å². The Hall–Kier alpha value is -0.340. The summed E-state index contributed by atoms with van der Waals surface area (Å²) < 4.78 is 5.85. The van der Waals surface area contributed by atoms with Gasteiger partial charge >= 0.3 is 0 Å². The largest absolute Gasteiger partial charge is 0.388 e. The zero-order chi connectivity index (χ0) is 13.3. The van der Waals surface area contributed by atoms with Crippen LogP contribution >= 0.6 is 11.8 Å². The van der Waals surface area contributed by atoms with Gasteiger partial charge in [-0.2, -0.15) is 0 Å². The van der Waals surface area contributed by atoms with Gasteiger partial charge in [0.05, 0.1) is 6.04 Å². The second-order valence-electron chi connectivity index (χ2n) is 4.85. The quantitative estimate of drug-likeness (QED) is 0.618. The van der Waals surface area contributed by atoms with Gasteiger partial charge in [-0.1, -0.05) is 11.8 Å². The summed E-state index contributed by atoms with van der Waals surface area (Å²) in [4.78, 5) is 6.22. The molecule has 0 saturated carbocycles. The molecule has 3 N–H and O–H groups in total. The van der Waals surface area contributed by atoms with Crippen LogP contribution in [-0.4, -0.2) is 77.3 Å². The SMILES string of the molecule is CCN=C1NC2C(OC(CN(C)C)C(O)C2O)S1. The van der Waals surface area contributed by atoms with Gasteiger partial charge in [0.2, 0.25) is 0 Å². The Balaban J connectivity index is 2.06. The molecule has 2 rings (SSSR count). The number of aliphatic hydroxyl groups is 2. The van der Waals surface area contributed by atoms with Crippen LogP contribution in [-0.2, 0) is 4.74 Å². The third kappa shape index (κ3) is 2.80. The first-order chi connectivity index (χ1) is 8.52. The number of nitrogens with one attached hydrogen (secondary N) is 1. The maximum atomic E-state index is 10.1. The lowest BCUT2D eigenvalue weighted by Crippen LogP contribution is -2.60. The van der Waals surface area contributed by atoms with Gasteiger partial charge in [-0.05, 0) is 21.0 Å². The highest BCUT2D eigenvalue weighted by Gasteiger charge is 2.48. The van der Waals surface area contributed by atoms with Crippen molar-refractivity contribution < 1.29 is 14.9 Å². The minimum absolute atomic E-state index is 0.182. The maximum Gasteiger partial charge on any atom is 0.159 e. The molecule has 104 valence electrons. The van der Waals surface area contributed by atoms with E-state index in [0.717, 1.165) is 5.17 Å². The number of nitrogens with zero attached hydrogens (tertiary/aromatic N) is 2. The molecule has 0 aromatic rings. The molecule has 0 spiro atoms. The van der Waals surface area contributed by atoms with Gasteiger partial charge in [0.25, 0.3) is 0 Å². The highest BCUT2D eigenvalue weighted by molar-refractivity contribution is 8.14. The number of likely N-dealkylation sites (N-methyl/N-ethyl adjacent to an activating group) is 1. The minimum atomic E-state index is -0.872. The number of rotatable bonds is 3. The van der Waals surface area contributed by atoms with Crippen LogP contribution < -0.4 is 5.32 Å². The predicted octanol–water partition coefficient (Wildman–Crippen LogP) is -0.924. The number of fused-ring (bicyclic) bond motifs is 1. The lowest BCUT2D eigenvalue weighted by molar-refractivity contribution is -0.159. The Morgan fingerprint density at radius 3 is 2.72 bits per heavy atom. The molecule has 0 aliphatic carbocycles. The van der Waals surface area contributed by atoms with Crippen molar-refractivity contribution in [2.75, 3.05) is 27.2 Å². The number of aliphatic imine (C=N–C) groups is 1. The Labute approximate surface area is 111 Å². The van der Waals surface area contributed by atoms with Crippen molar-refractivity contribution in [3.8, 4) is 0 Å². The summed E-state index contributed by atoms with van der Waals surface area (Å²) in [5.74, 6) is 0. The summed E-state index contributed by atoms with van der Waals surface area (Å²) in [7, 11) is 3.83. The molecule has 6 nitrogen and oxygen atoms in total. The molecule has 2 heterocycles. The lowest BCUT2D eigenvalue weighted by Gasteiger charge is -2.39. The normalized spacial score (nSPS) is 42.1. The third-order valence-electron chi connectivity index (χ3n) is 3.07. The zero-order valence-electron chi connectivity index (χ0n) is 10.9. The molecule has 7 heteroatoms. The van der Waals surface area contributed by atoms with E-state index in [4.69, 9.17) is 4.74 Å². The Morgan fingerprint density at radius 2 is 2.11 bits per heavy atom. The number of aliphatic hydroxyl groups excluding tert-OH is 2. The Kier molecular flexibility index (Phi) is 4.50. The fourth-order valence-electron chi connectivity index (χ4n) is 2.21. The van der Waals surface area contributed by atoms with Crippen LogP contribution in [0.25, 0.3) is 0 Å². The second-order valence-corrected chi connectivity index (χ2v) is 5.94. The van der Waals surface area contributed by atoms with E-state index in [1.54, 1.807) is 0 Å². The van der Waals surface area contributed by atoms with E-state index < -0.39 is 12.2 Å². The molecule has 0 aromatic heterocycles. The fraction of sp³-hybridized carbons (Fsp3) is 0.909. The molecule has 0 amide bonds. The van der Waals surface area contributed by atoms with Crippen molar-refractivity contribution >= 4 is 16.9 Å². The summed E-state index contributed by atoms with van der Waals surface area (Å²) >= 11 is 1.48. The highest BCUT2D eigenvalue weighted by Crippen LogP contribution is 2.33. The van der Waals surface area contributed by atoms with Gasteiger partial charge in [0, 0.05) is 13.1 Å². The van der Waals surface area contributed by atoms with E-state index in [-0.39, 0.29) is 17.6 Å². The van der Waals surface area contributed by atoms with E-state index in [2.05, 4.69) is 10.3 Å². The first-order valence-electron chi connectivity index (χ1n) is 6.17. The van der Waals surface area contributed by atoms with Gasteiger partial charge in [0.15, 0.2) is 5.17 Å². The van der Waals surface area contributed by atoms with Gasteiger partial charge < -0.3 is 25.2 Å². The smallest absolute Gasteiger partial charge is 0.159 e. The van der Waals surface area contributed by atoms with Crippen LogP contribution in [0.2, 0.25) is 0 Å². The molecule has 5 atom stereocenters. The summed E-state index contributed by atoms with van der Waals surface area (Å²) in [6.07, 6.45) is -2.07. The summed E-state index contributed by atoms with van der Waals surface area (Å²) in [5, 5.41) is 24.1. The van der Waals surface area contributed by atoms with Crippen LogP contribution in [0.3, 0.4) is 0 Å². The van der Waals surface area contributed by atoms with Crippen molar-refractivity contribution in [2.45, 2.75) is 36.7 Å². The molecule has 0 radical (unpaired) electrons. The first kappa shape index (κ1) is 14.1. The molecule has 0 aromatic carbocycles. The standard InChI is InChI=1S/C11H21N3O3S/c1-4-12-11-13-7-9(16)8(15)6(5-14(2)3)17-10(7)18-11/h6-10,15-16H,4-5H2,1-3H3,(H,12,13). The van der Waals surface area contributed by atoms with Crippen LogP contribution in [0.1, 0.15) is 6.92 Å². The average Bonchev–Trinajstić information content (AvgIpc) is 2.68. The van der Waals surface area contributed by atoms with Crippen LogP contribution in [0.15, 0.2) is 4.99 Å². The van der Waals surface area contributed by atoms with Crippen molar-refractivity contribution in [1.82, 2.24) is 10.2 Å². The van der Waals surface area contributed by atoms with Crippen LogP contribution in [0.5, 0.6) is 0 Å². The molecule has 5 unspecified atom stereocenters. The maximum absolute atomic E-state index is 10.1. The van der Waals surface area contributed by atoms with E-state index in [1.165, 1.54) is 11.8 Å². The van der Waals surface area contributed by atoms with Gasteiger partial charge in [0.1, 0.15) is 23.7 Å². The Bertz CT molecular complexity index is 327. The van der Waals surface area contributed by atoms with Gasteiger partial charge in [-0.3, -0.25) is 4.99 Å². The van der Waals surface area contributed by atoms with Crippen LogP contribution in [0, 0.1) is 0 Å². The minimum Gasteiger partial charge on any atom is -0.388 e. The fourth-order valence-corrected chi connectivity index (χ4v) is 3.41. The van der Waals surface area contributed by atoms with Crippen molar-refractivity contribution in [3.05, 3.63) is 0 Å². The van der Waals surface area contributed by atoms with E-state index >= 15 is 0 Å². The predicted molar refractivity (Wildman–Crippen MR) is 71.7 cm³/mol. The van der Waals surface area contributed by atoms with Crippen molar-refractivity contribution in [1.29, 1.82) is 0 Å². The number of thioether (sulfide) groups is 1. The third-order valence-corrected chi connectivity index (χ3v) is 4.17. The number of amidine groups is 1. The molecular formula is C11H21N3O3S. The molecular weight excluding hydrogens is 254 g/mol. The van der Waals surface area contributed by atoms with Crippen molar-refractivity contribution in [2.24, 2.45) is 4.99 Å². The number of ether oxygens (including phenoxy) is 1. The molecule has 2 saturated heterocycles. The topological polar surface area (TPSA) is 77.3 Å². The summed E-state index contributed by atoms with van der Waals surface area (Å²) in [6, 6.07) is -0.284. The summed E-state index contributed by atoms with van der Waals surface area (Å²) in [5.41, 5.74) is -0.182. The molecule has 2 fully saturated rings. The van der Waals surface area contributed by atoms with Gasteiger partial charge in [-0.25, -0.2) is 0 Å². The summed E-state index contributed by atoms with van der Waals surface area (Å²) in [6.45, 7) is 3.23. The van der Waals surface area contributed by atoms with Gasteiger partial charge in [-0.15, -0.1) is 0 Å². The molecule has 2 aliphatic heterocycles. The van der Waals surface area contributed by atoms with E-state index in [1.807, 2.05) is 25.9 Å². The monoisotopic (exact) mass is 275 g/mol. The number of hydrogen-bond donors (Lipinski definition) is 3. The van der Waals surface area contributed by atoms with E-state index in [0.29, 0.717) is 13.1 Å². The average molecular weight is 275 g/mol. The molecule has 18 heavy (non-hydrogen) atoms. The number of hydrogen-bond acceptors (Lipinski definition) is 6.